The fraction of sp³-hybridized carbons (Fsp3) is 0.250. The number of nitrogens with one attached hydrogen (secondary N) is 2. The van der Waals surface area contributed by atoms with Crippen molar-refractivity contribution in [1.29, 1.82) is 0 Å². The third kappa shape index (κ3) is 3.91. The highest BCUT2D eigenvalue weighted by Gasteiger charge is 2.45. The number of halogens is 1. The molecule has 2 heterocycles. The van der Waals surface area contributed by atoms with Gasteiger partial charge in [0, 0.05) is 19.3 Å². The Hall–Kier alpha value is -3.81. The topological polar surface area (TPSA) is 93.2 Å². The van der Waals surface area contributed by atoms with Gasteiger partial charge in [0.2, 0.25) is 11.8 Å². The lowest BCUT2D eigenvalue weighted by Gasteiger charge is -2.40. The minimum absolute atomic E-state index is 0.118. The van der Waals surface area contributed by atoms with Gasteiger partial charge >= 0.3 is 0 Å². The van der Waals surface area contributed by atoms with Crippen LogP contribution in [0.1, 0.15) is 35.3 Å². The van der Waals surface area contributed by atoms with E-state index in [4.69, 9.17) is 4.74 Å². The van der Waals surface area contributed by atoms with Gasteiger partial charge in [0.05, 0.1) is 24.4 Å². The van der Waals surface area contributed by atoms with Gasteiger partial charge in [0.25, 0.3) is 5.91 Å². The molecular weight excluding hydrogens is 411 g/mol. The van der Waals surface area contributed by atoms with Gasteiger partial charge in [-0.05, 0) is 41.7 Å². The van der Waals surface area contributed by atoms with Gasteiger partial charge < -0.3 is 15.4 Å². The number of nitrogens with zero attached hydrogens (tertiary/aromatic N) is 2. The third-order valence-corrected chi connectivity index (χ3v) is 5.89. The summed E-state index contributed by atoms with van der Waals surface area (Å²) in [6, 6.07) is 12.5. The van der Waals surface area contributed by atoms with E-state index in [2.05, 4.69) is 20.6 Å². The molecule has 0 atom stereocenters. The molecule has 0 bridgehead atoms. The number of aromatic nitrogens is 2. The number of hydrogen-bond donors (Lipinski definition) is 2. The highest BCUT2D eigenvalue weighted by Crippen LogP contribution is 2.45. The van der Waals surface area contributed by atoms with Gasteiger partial charge in [-0.25, -0.2) is 9.37 Å². The number of methoxy groups -OCH3 is 1. The number of ether oxygens (including phenoxy) is 1. The maximum atomic E-state index is 14.0. The normalized spacial score (nSPS) is 14.2. The summed E-state index contributed by atoms with van der Waals surface area (Å²) in [5, 5.41) is 5.36. The first-order valence-electron chi connectivity index (χ1n) is 10.3. The first-order chi connectivity index (χ1) is 15.5. The zero-order valence-electron chi connectivity index (χ0n) is 17.8. The fourth-order valence-corrected chi connectivity index (χ4v) is 3.92. The van der Waals surface area contributed by atoms with Crippen molar-refractivity contribution >= 4 is 17.5 Å². The van der Waals surface area contributed by atoms with E-state index < -0.39 is 11.2 Å². The van der Waals surface area contributed by atoms with E-state index in [-0.39, 0.29) is 23.4 Å². The monoisotopic (exact) mass is 434 g/mol. The average Bonchev–Trinajstić information content (AvgIpc) is 2.78. The summed E-state index contributed by atoms with van der Waals surface area (Å²) < 4.78 is 18.8. The van der Waals surface area contributed by atoms with E-state index >= 15 is 0 Å². The van der Waals surface area contributed by atoms with Gasteiger partial charge in [-0.1, -0.05) is 30.7 Å². The van der Waals surface area contributed by atoms with Crippen LogP contribution in [0.15, 0.2) is 54.9 Å². The highest BCUT2D eigenvalue weighted by molar-refractivity contribution is 6.00. The molecule has 0 saturated heterocycles. The van der Waals surface area contributed by atoms with Crippen molar-refractivity contribution in [2.24, 2.45) is 0 Å². The standard InChI is InChI=1S/C24H23FN4O3/c1-26-21(30)20-12-16(8-11-27-20)15-4-6-17(7-5-15)24(9-3-10-24)23(31)29-18-13-19(25)22(32-2)28-14-18/h4-8,11-14H,3,9-10H2,1-2H3,(H,26,30)(H,29,31). The summed E-state index contributed by atoms with van der Waals surface area (Å²) >= 11 is 0. The lowest BCUT2D eigenvalue weighted by atomic mass is 9.63. The number of pyridine rings is 2. The number of benzene rings is 1. The van der Waals surface area contributed by atoms with Crippen molar-refractivity contribution in [3.05, 3.63) is 71.9 Å². The minimum Gasteiger partial charge on any atom is -0.479 e. The first-order valence-corrected chi connectivity index (χ1v) is 10.3. The third-order valence-electron chi connectivity index (χ3n) is 5.89. The zero-order chi connectivity index (χ0) is 22.7. The number of hydrogen-bond acceptors (Lipinski definition) is 5. The van der Waals surface area contributed by atoms with Crippen LogP contribution in [0, 0.1) is 5.82 Å². The Kier molecular flexibility index (Phi) is 5.85. The second-order valence-corrected chi connectivity index (χ2v) is 7.69. The lowest BCUT2D eigenvalue weighted by Crippen LogP contribution is -2.46. The van der Waals surface area contributed by atoms with E-state index in [0.29, 0.717) is 18.5 Å². The molecule has 1 aromatic carbocycles. The molecule has 8 heteroatoms. The Morgan fingerprint density at radius 1 is 1.06 bits per heavy atom. The van der Waals surface area contributed by atoms with Crippen LogP contribution in [-0.2, 0) is 10.2 Å². The SMILES string of the molecule is CNC(=O)c1cc(-c2ccc(C3(C(=O)Nc4cnc(OC)c(F)c4)CCC3)cc2)ccn1. The molecule has 2 amide bonds. The molecule has 4 rings (SSSR count). The predicted octanol–water partition coefficient (Wildman–Crippen LogP) is 3.71. The Bertz CT molecular complexity index is 1160. The summed E-state index contributed by atoms with van der Waals surface area (Å²) in [5.74, 6) is -1.19. The molecular formula is C24H23FN4O3. The largest absolute Gasteiger partial charge is 0.479 e. The highest BCUT2D eigenvalue weighted by atomic mass is 19.1. The quantitative estimate of drug-likeness (QED) is 0.617. The second kappa shape index (κ2) is 8.74. The molecule has 164 valence electrons. The summed E-state index contributed by atoms with van der Waals surface area (Å²) in [7, 11) is 2.90. The van der Waals surface area contributed by atoms with Crippen molar-refractivity contribution in [3.63, 3.8) is 0 Å². The molecule has 1 aliphatic rings. The maximum absolute atomic E-state index is 14.0. The molecule has 1 saturated carbocycles. The van der Waals surface area contributed by atoms with Gasteiger partial charge in [-0.15, -0.1) is 0 Å². The maximum Gasteiger partial charge on any atom is 0.269 e. The number of carbonyl (C=O) groups is 2. The van der Waals surface area contributed by atoms with E-state index in [1.165, 1.54) is 19.4 Å². The fourth-order valence-electron chi connectivity index (χ4n) is 3.92. The van der Waals surface area contributed by atoms with Crippen LogP contribution in [0.3, 0.4) is 0 Å². The van der Waals surface area contributed by atoms with Gasteiger partial charge in [-0.3, -0.25) is 14.6 Å². The van der Waals surface area contributed by atoms with Crippen LogP contribution in [0.4, 0.5) is 10.1 Å². The number of amides is 2. The number of anilines is 1. The van der Waals surface area contributed by atoms with Crippen LogP contribution >= 0.6 is 0 Å². The Morgan fingerprint density at radius 3 is 2.41 bits per heavy atom. The van der Waals surface area contributed by atoms with Crippen molar-refractivity contribution in [2.45, 2.75) is 24.7 Å². The molecule has 2 aromatic heterocycles. The Labute approximate surface area is 185 Å². The molecule has 2 N–H and O–H groups in total. The van der Waals surface area contributed by atoms with Crippen LogP contribution in [0.2, 0.25) is 0 Å². The molecule has 7 nitrogen and oxygen atoms in total. The number of carbonyl (C=O) groups excluding carboxylic acids is 2. The van der Waals surface area contributed by atoms with Gasteiger partial charge in [-0.2, -0.15) is 0 Å². The molecule has 0 unspecified atom stereocenters. The van der Waals surface area contributed by atoms with Crippen molar-refractivity contribution in [2.75, 3.05) is 19.5 Å². The second-order valence-electron chi connectivity index (χ2n) is 7.69. The summed E-state index contributed by atoms with van der Waals surface area (Å²) in [6.07, 6.45) is 5.32. The summed E-state index contributed by atoms with van der Waals surface area (Å²) in [4.78, 5) is 33.0. The zero-order valence-corrected chi connectivity index (χ0v) is 17.8. The Balaban J connectivity index is 1.56. The molecule has 0 aliphatic heterocycles. The smallest absolute Gasteiger partial charge is 0.269 e. The van der Waals surface area contributed by atoms with Crippen LogP contribution in [-0.4, -0.2) is 35.9 Å². The van der Waals surface area contributed by atoms with Crippen LogP contribution in [0.5, 0.6) is 5.88 Å². The number of rotatable bonds is 6. The molecule has 0 radical (unpaired) electrons. The summed E-state index contributed by atoms with van der Waals surface area (Å²) in [6.45, 7) is 0. The van der Waals surface area contributed by atoms with Crippen LogP contribution < -0.4 is 15.4 Å². The van der Waals surface area contributed by atoms with E-state index in [0.717, 1.165) is 23.1 Å². The van der Waals surface area contributed by atoms with Gasteiger partial charge in [0.1, 0.15) is 5.69 Å². The lowest BCUT2D eigenvalue weighted by molar-refractivity contribution is -0.124. The predicted molar refractivity (Wildman–Crippen MR) is 118 cm³/mol. The van der Waals surface area contributed by atoms with Crippen molar-refractivity contribution in [3.8, 4) is 17.0 Å². The van der Waals surface area contributed by atoms with Gasteiger partial charge in [0.15, 0.2) is 5.82 Å². The first kappa shape index (κ1) is 21.4. The van der Waals surface area contributed by atoms with E-state index in [9.17, 15) is 14.0 Å². The summed E-state index contributed by atoms with van der Waals surface area (Å²) in [5.41, 5.74) is 2.63. The van der Waals surface area contributed by atoms with Crippen molar-refractivity contribution in [1.82, 2.24) is 15.3 Å². The molecule has 1 fully saturated rings. The van der Waals surface area contributed by atoms with Crippen LogP contribution in [0.25, 0.3) is 11.1 Å². The molecule has 0 spiro atoms. The minimum atomic E-state index is -0.666. The average molecular weight is 434 g/mol. The van der Waals surface area contributed by atoms with E-state index in [1.54, 1.807) is 19.3 Å². The van der Waals surface area contributed by atoms with Crippen molar-refractivity contribution < 1.29 is 18.7 Å². The van der Waals surface area contributed by atoms with E-state index in [1.807, 2.05) is 30.3 Å². The molecule has 32 heavy (non-hydrogen) atoms. The Morgan fingerprint density at radius 2 is 1.81 bits per heavy atom. The molecule has 1 aliphatic carbocycles. The molecule has 3 aromatic rings.